The fraction of sp³-hybridized carbons (Fsp3) is 0.278. The van der Waals surface area contributed by atoms with Crippen molar-refractivity contribution in [1.82, 2.24) is 5.32 Å². The summed E-state index contributed by atoms with van der Waals surface area (Å²) in [7, 11) is 1.61. The van der Waals surface area contributed by atoms with E-state index in [0.29, 0.717) is 10.8 Å². The van der Waals surface area contributed by atoms with Gasteiger partial charge < -0.3 is 14.8 Å². The molecule has 0 bridgehead atoms. The van der Waals surface area contributed by atoms with E-state index in [0.717, 1.165) is 11.3 Å². The first-order chi connectivity index (χ1) is 11.0. The lowest BCUT2D eigenvalue weighted by molar-refractivity contribution is -0.127. The van der Waals surface area contributed by atoms with E-state index >= 15 is 0 Å². The molecule has 0 spiro atoms. The highest BCUT2D eigenvalue weighted by atomic mass is 35.5. The summed E-state index contributed by atoms with van der Waals surface area (Å²) in [5.74, 6) is 1.00. The highest BCUT2D eigenvalue weighted by Crippen LogP contribution is 2.26. The third kappa shape index (κ3) is 4.39. The zero-order chi connectivity index (χ0) is 16.8. The summed E-state index contributed by atoms with van der Waals surface area (Å²) in [6.45, 7) is 3.59. The lowest BCUT2D eigenvalue weighted by Gasteiger charge is -2.20. The Labute approximate surface area is 141 Å². The fourth-order valence-corrected chi connectivity index (χ4v) is 2.40. The maximum absolute atomic E-state index is 12.3. The van der Waals surface area contributed by atoms with Gasteiger partial charge in [0.1, 0.15) is 11.5 Å². The Balaban J connectivity index is 2.02. The molecule has 2 aromatic carbocycles. The van der Waals surface area contributed by atoms with Crippen molar-refractivity contribution >= 4 is 17.5 Å². The van der Waals surface area contributed by atoms with Gasteiger partial charge >= 0.3 is 0 Å². The number of benzene rings is 2. The third-order valence-corrected chi connectivity index (χ3v) is 3.79. The quantitative estimate of drug-likeness (QED) is 0.869. The third-order valence-electron chi connectivity index (χ3n) is 3.47. The normalized spacial score (nSPS) is 13.0. The van der Waals surface area contributed by atoms with Crippen molar-refractivity contribution in [3.05, 3.63) is 59.1 Å². The van der Waals surface area contributed by atoms with E-state index < -0.39 is 6.10 Å². The second-order valence-corrected chi connectivity index (χ2v) is 5.57. The Bertz CT molecular complexity index is 675. The van der Waals surface area contributed by atoms with Crippen LogP contribution in [-0.4, -0.2) is 19.1 Å². The predicted molar refractivity (Wildman–Crippen MR) is 91.1 cm³/mol. The Kier molecular flexibility index (Phi) is 5.88. The number of hydrogen-bond acceptors (Lipinski definition) is 3. The van der Waals surface area contributed by atoms with Gasteiger partial charge in [0.15, 0.2) is 6.10 Å². The molecular formula is C18H20ClNO3. The van der Waals surface area contributed by atoms with E-state index in [2.05, 4.69) is 5.32 Å². The van der Waals surface area contributed by atoms with Crippen LogP contribution in [0, 0.1) is 0 Å². The molecule has 122 valence electrons. The van der Waals surface area contributed by atoms with Crippen LogP contribution in [0.15, 0.2) is 48.5 Å². The maximum Gasteiger partial charge on any atom is 0.261 e. The van der Waals surface area contributed by atoms with Gasteiger partial charge in [0, 0.05) is 5.56 Å². The van der Waals surface area contributed by atoms with Gasteiger partial charge in [-0.15, -0.1) is 0 Å². The smallest absolute Gasteiger partial charge is 0.261 e. The molecule has 0 aromatic heterocycles. The van der Waals surface area contributed by atoms with E-state index in [4.69, 9.17) is 21.1 Å². The molecule has 0 radical (unpaired) electrons. The van der Waals surface area contributed by atoms with Crippen LogP contribution in [0.2, 0.25) is 5.02 Å². The Morgan fingerprint density at radius 2 is 1.65 bits per heavy atom. The van der Waals surface area contributed by atoms with Crippen LogP contribution in [0.5, 0.6) is 11.5 Å². The Morgan fingerprint density at radius 1 is 1.04 bits per heavy atom. The van der Waals surface area contributed by atoms with Crippen molar-refractivity contribution in [2.24, 2.45) is 0 Å². The molecule has 4 nitrogen and oxygen atoms in total. The van der Waals surface area contributed by atoms with Crippen molar-refractivity contribution in [3.8, 4) is 11.5 Å². The van der Waals surface area contributed by atoms with Crippen molar-refractivity contribution < 1.29 is 14.3 Å². The van der Waals surface area contributed by atoms with Crippen LogP contribution in [0.3, 0.4) is 0 Å². The summed E-state index contributed by atoms with van der Waals surface area (Å²) in [5, 5.41) is 3.40. The molecule has 0 fully saturated rings. The number of carbonyl (C=O) groups excluding carboxylic acids is 1. The molecule has 2 aromatic rings. The number of carbonyl (C=O) groups is 1. The maximum atomic E-state index is 12.3. The van der Waals surface area contributed by atoms with Crippen molar-refractivity contribution in [1.29, 1.82) is 0 Å². The average molecular weight is 334 g/mol. The standard InChI is InChI=1S/C18H20ClNO3/c1-12(14-8-4-6-10-16(14)22-3)20-18(21)13(2)23-17-11-7-5-9-15(17)19/h4-13H,1-3H3,(H,20,21)/t12-,13+/m0/s1. The van der Waals surface area contributed by atoms with Crippen LogP contribution in [0.4, 0.5) is 0 Å². The average Bonchev–Trinajstić information content (AvgIpc) is 2.56. The van der Waals surface area contributed by atoms with Crippen molar-refractivity contribution in [2.45, 2.75) is 26.0 Å². The highest BCUT2D eigenvalue weighted by Gasteiger charge is 2.20. The zero-order valence-corrected chi connectivity index (χ0v) is 14.1. The number of nitrogens with one attached hydrogen (secondary N) is 1. The number of ether oxygens (including phenoxy) is 2. The summed E-state index contributed by atoms with van der Waals surface area (Å²) >= 11 is 6.04. The van der Waals surface area contributed by atoms with Crippen LogP contribution < -0.4 is 14.8 Å². The lowest BCUT2D eigenvalue weighted by atomic mass is 10.1. The summed E-state index contributed by atoms with van der Waals surface area (Å²) in [4.78, 5) is 12.3. The molecule has 1 N–H and O–H groups in total. The molecule has 0 unspecified atom stereocenters. The van der Waals surface area contributed by atoms with E-state index in [1.54, 1.807) is 26.2 Å². The Morgan fingerprint density at radius 3 is 2.30 bits per heavy atom. The topological polar surface area (TPSA) is 47.6 Å². The van der Waals surface area contributed by atoms with Crippen molar-refractivity contribution in [3.63, 3.8) is 0 Å². The van der Waals surface area contributed by atoms with Gasteiger partial charge in [-0.25, -0.2) is 0 Å². The van der Waals surface area contributed by atoms with Gasteiger partial charge in [-0.2, -0.15) is 0 Å². The molecule has 2 atom stereocenters. The first-order valence-electron chi connectivity index (χ1n) is 7.37. The molecule has 2 rings (SSSR count). The highest BCUT2D eigenvalue weighted by molar-refractivity contribution is 6.32. The number of para-hydroxylation sites is 2. The van der Waals surface area contributed by atoms with E-state index in [1.165, 1.54) is 0 Å². The summed E-state index contributed by atoms with van der Waals surface area (Å²) < 4.78 is 10.9. The SMILES string of the molecule is COc1ccccc1[C@H](C)NC(=O)[C@@H](C)Oc1ccccc1Cl. The van der Waals surface area contributed by atoms with Crippen LogP contribution >= 0.6 is 11.6 Å². The molecule has 0 aliphatic heterocycles. The molecule has 5 heteroatoms. The van der Waals surface area contributed by atoms with Gasteiger partial charge in [-0.05, 0) is 32.0 Å². The van der Waals surface area contributed by atoms with E-state index in [1.807, 2.05) is 43.3 Å². The number of methoxy groups -OCH3 is 1. The molecule has 0 aliphatic carbocycles. The molecule has 1 amide bonds. The monoisotopic (exact) mass is 333 g/mol. The zero-order valence-electron chi connectivity index (χ0n) is 13.4. The minimum absolute atomic E-state index is 0.198. The predicted octanol–water partition coefficient (Wildman–Crippen LogP) is 3.99. The second kappa shape index (κ2) is 7.88. The lowest BCUT2D eigenvalue weighted by Crippen LogP contribution is -2.37. The minimum atomic E-state index is -0.660. The Hall–Kier alpha value is -2.20. The van der Waals surface area contributed by atoms with Gasteiger partial charge in [0.2, 0.25) is 0 Å². The first-order valence-corrected chi connectivity index (χ1v) is 7.75. The molecule has 0 saturated carbocycles. The van der Waals surface area contributed by atoms with Crippen LogP contribution in [0.25, 0.3) is 0 Å². The summed E-state index contributed by atoms with van der Waals surface area (Å²) in [6.07, 6.45) is -0.660. The summed E-state index contributed by atoms with van der Waals surface area (Å²) in [6, 6.07) is 14.5. The van der Waals surface area contributed by atoms with Gasteiger partial charge in [0.05, 0.1) is 18.2 Å². The fourth-order valence-electron chi connectivity index (χ4n) is 2.22. The van der Waals surface area contributed by atoms with Gasteiger partial charge in [0.25, 0.3) is 5.91 Å². The molecule has 0 aliphatic rings. The van der Waals surface area contributed by atoms with Gasteiger partial charge in [-0.3, -0.25) is 4.79 Å². The summed E-state index contributed by atoms with van der Waals surface area (Å²) in [5.41, 5.74) is 0.910. The van der Waals surface area contributed by atoms with Crippen LogP contribution in [-0.2, 0) is 4.79 Å². The largest absolute Gasteiger partial charge is 0.496 e. The molecular weight excluding hydrogens is 314 g/mol. The molecule has 0 saturated heterocycles. The number of rotatable bonds is 6. The molecule has 0 heterocycles. The molecule has 23 heavy (non-hydrogen) atoms. The minimum Gasteiger partial charge on any atom is -0.496 e. The van der Waals surface area contributed by atoms with Crippen molar-refractivity contribution in [2.75, 3.05) is 7.11 Å². The number of hydrogen-bond donors (Lipinski definition) is 1. The number of amides is 1. The van der Waals surface area contributed by atoms with E-state index in [-0.39, 0.29) is 11.9 Å². The first kappa shape index (κ1) is 17.2. The van der Waals surface area contributed by atoms with Crippen LogP contribution in [0.1, 0.15) is 25.5 Å². The van der Waals surface area contributed by atoms with E-state index in [9.17, 15) is 4.79 Å². The van der Waals surface area contributed by atoms with Gasteiger partial charge in [-0.1, -0.05) is 41.9 Å². The second-order valence-electron chi connectivity index (χ2n) is 5.16. The number of halogens is 1.